The highest BCUT2D eigenvalue weighted by atomic mass is 31.2. The molecule has 61 heavy (non-hydrogen) atoms. The Morgan fingerprint density at radius 3 is 2.51 bits per heavy atom. The van der Waals surface area contributed by atoms with Gasteiger partial charge in [0.2, 0.25) is 31.6 Å². The number of aromatic amines is 1. The summed E-state index contributed by atoms with van der Waals surface area (Å²) in [7, 11) is -0.290. The van der Waals surface area contributed by atoms with Crippen LogP contribution in [0.1, 0.15) is 68.4 Å². The number of piperidine rings is 1. The Bertz CT molecular complexity index is 2380. The van der Waals surface area contributed by atoms with Gasteiger partial charge in [-0.25, -0.2) is 16.2 Å². The molecule has 2 aliphatic heterocycles. The SMILES string of the molecule is [2H]C[C@H]1O[C@@H](n2cnc3c(=O)[nH]c(Nc4cc(-c5nnc(-c6ccc(N7CCC(N)CC7)cc6)o5)ccc4NC(C)=O)nc32)CC1OP(OCC[N+]#[C-])N(C(C)C)C(C)C.[3H]OC. The van der Waals surface area contributed by atoms with Gasteiger partial charge in [0.05, 0.1) is 29.9 Å². The van der Waals surface area contributed by atoms with Crippen LogP contribution in [0.25, 0.3) is 38.9 Å². The third kappa shape index (κ3) is 10.8. The van der Waals surface area contributed by atoms with E-state index in [0.29, 0.717) is 29.2 Å². The lowest BCUT2D eigenvalue weighted by Gasteiger charge is -2.36. The summed E-state index contributed by atoms with van der Waals surface area (Å²) in [6.07, 6.45) is 1.96. The van der Waals surface area contributed by atoms with Crippen LogP contribution in [-0.4, -0.2) is 111 Å². The number of imidazole rings is 1. The first kappa shape index (κ1) is 42.4. The fourth-order valence-electron chi connectivity index (χ4n) is 7.22. The maximum absolute atomic E-state index is 13.4. The number of aliphatic hydroxyl groups excluding tert-OH is 1. The van der Waals surface area contributed by atoms with Gasteiger partial charge in [-0.2, -0.15) is 4.98 Å². The molecular weight excluding hydrogens is 804 g/mol. The number of nitrogens with zero attached hydrogens (tertiary/aromatic N) is 8. The minimum Gasteiger partial charge on any atom is -0.416 e. The number of hydrogen-bond acceptors (Lipinski definition) is 15. The zero-order valence-electron chi connectivity index (χ0n) is 37.2. The summed E-state index contributed by atoms with van der Waals surface area (Å²) in [6.45, 7) is 19.0. The van der Waals surface area contributed by atoms with Crippen LogP contribution < -0.4 is 26.8 Å². The molecule has 2 aliphatic rings. The van der Waals surface area contributed by atoms with E-state index >= 15 is 0 Å². The lowest BCUT2D eigenvalue weighted by Crippen LogP contribution is -2.39. The molecule has 4 atom stereocenters. The van der Waals surface area contributed by atoms with Crippen molar-refractivity contribution in [3.05, 3.63) is 70.6 Å². The van der Waals surface area contributed by atoms with Crippen LogP contribution in [0.5, 0.6) is 0 Å². The first-order chi connectivity index (χ1) is 30.3. The molecule has 0 spiro atoms. The largest absolute Gasteiger partial charge is 0.416 e. The van der Waals surface area contributed by atoms with Crippen LogP contribution in [0.3, 0.4) is 0 Å². The molecular formula is C41H55N12O7P. The number of nitrogens with two attached hydrogens (primary N) is 1. The minimum absolute atomic E-state index is 0.0732. The molecule has 0 aliphatic carbocycles. The summed E-state index contributed by atoms with van der Waals surface area (Å²) < 4.78 is 43.0. The van der Waals surface area contributed by atoms with Gasteiger partial charge in [-0.05, 0) is 89.9 Å². The number of anilines is 4. The Morgan fingerprint density at radius 1 is 1.16 bits per heavy atom. The molecule has 5 heterocycles. The molecule has 1 amide bonds. The molecule has 6 N–H and O–H groups in total. The number of aliphatic hydroxyl groups is 1. The standard InChI is InChI=1S/C40H51N12O6P.CH4O/c1-23(2)52(24(3)4)59(55-19-16-42-7)58-33-21-34(56-25(33)5)51-22-43-35-36(51)46-40(47-37(35)54)45-32-20-28(10-13-31(32)44-26(6)53)39-49-48-38(57-39)27-8-11-30(12-9-27)50-17-14-29(41)15-18-50;1-2/h8-13,20,22-25,29,33-34H,14-19,21,41H2,1-6H3,(H,44,53)(H2,45,46,47,54);2H,1H3/t25-,33?,34-,59?;/m1./s1/i5D;2T. The highest BCUT2D eigenvalue weighted by Gasteiger charge is 2.40. The number of carbonyl (C=O) groups excluding carboxylic acids is 1. The second kappa shape index (κ2) is 20.5. The Labute approximate surface area is 358 Å². The quantitative estimate of drug-likeness (QED) is 0.0459. The smallest absolute Gasteiger partial charge is 0.280 e. The second-order valence-electron chi connectivity index (χ2n) is 15.1. The Morgan fingerprint density at radius 2 is 1.85 bits per heavy atom. The van der Waals surface area contributed by atoms with E-state index < -0.39 is 32.5 Å². The van der Waals surface area contributed by atoms with Gasteiger partial charge in [0.25, 0.3) is 14.1 Å². The molecule has 0 saturated carbocycles. The number of fused-ring (bicyclic) bond motifs is 1. The predicted molar refractivity (Wildman–Crippen MR) is 234 cm³/mol. The third-order valence-electron chi connectivity index (χ3n) is 10.1. The van der Waals surface area contributed by atoms with Crippen molar-refractivity contribution in [2.45, 2.75) is 97.3 Å². The third-order valence-corrected chi connectivity index (χ3v) is 12.2. The average molecular weight is 862 g/mol. The zero-order valence-corrected chi connectivity index (χ0v) is 36.1. The maximum atomic E-state index is 13.4. The van der Waals surface area contributed by atoms with Gasteiger partial charge < -0.3 is 49.4 Å². The Kier molecular flexibility index (Phi) is 14.2. The normalized spacial score (nSPS) is 19.1. The zero-order chi connectivity index (χ0) is 45.2. The number of benzene rings is 2. The predicted octanol–water partition coefficient (Wildman–Crippen LogP) is 6.05. The molecule has 3 aromatic heterocycles. The molecule has 2 saturated heterocycles. The van der Waals surface area contributed by atoms with Crippen molar-refractivity contribution < 1.29 is 29.5 Å². The number of amides is 1. The first-order valence-electron chi connectivity index (χ1n) is 21.2. The van der Waals surface area contributed by atoms with Gasteiger partial charge in [0.1, 0.15) is 12.8 Å². The van der Waals surface area contributed by atoms with E-state index in [4.69, 9.17) is 38.3 Å². The fraction of sp³-hybridized carbons (Fsp3) is 0.488. The van der Waals surface area contributed by atoms with E-state index in [1.807, 2.05) is 24.3 Å². The van der Waals surface area contributed by atoms with Crippen molar-refractivity contribution in [2.24, 2.45) is 5.73 Å². The van der Waals surface area contributed by atoms with E-state index in [1.165, 1.54) is 20.4 Å². The van der Waals surface area contributed by atoms with Crippen LogP contribution in [-0.2, 0) is 18.6 Å². The van der Waals surface area contributed by atoms with E-state index in [1.54, 1.807) is 22.8 Å². The van der Waals surface area contributed by atoms with Crippen molar-refractivity contribution in [3.63, 3.8) is 0 Å². The number of rotatable bonds is 15. The first-order valence-corrected chi connectivity index (χ1v) is 21.2. The monoisotopic (exact) mass is 861 g/mol. The summed E-state index contributed by atoms with van der Waals surface area (Å²) in [6, 6.07) is 13.6. The minimum atomic E-state index is -1.58. The fourth-order valence-corrected chi connectivity index (χ4v) is 8.97. The highest BCUT2D eigenvalue weighted by Crippen LogP contribution is 2.50. The summed E-state index contributed by atoms with van der Waals surface area (Å²) in [4.78, 5) is 43.3. The van der Waals surface area contributed by atoms with Crippen LogP contribution in [0.2, 0.25) is 0 Å². The van der Waals surface area contributed by atoms with Gasteiger partial charge in [0.15, 0.2) is 11.2 Å². The van der Waals surface area contributed by atoms with Crippen LogP contribution in [0.15, 0.2) is 58.0 Å². The topological polar surface area (TPSA) is 228 Å². The summed E-state index contributed by atoms with van der Waals surface area (Å²) in [5.41, 5.74) is 9.16. The lowest BCUT2D eigenvalue weighted by atomic mass is 10.1. The van der Waals surface area contributed by atoms with Crippen molar-refractivity contribution >= 4 is 48.6 Å². The average Bonchev–Trinajstić information content (AvgIpc) is 4.01. The van der Waals surface area contributed by atoms with E-state index in [9.17, 15) is 9.59 Å². The van der Waals surface area contributed by atoms with Crippen molar-refractivity contribution in [3.8, 4) is 22.9 Å². The molecule has 20 heteroatoms. The number of aromatic nitrogens is 6. The summed E-state index contributed by atoms with van der Waals surface area (Å²) >= 11 is 0. The number of carbonyl (C=O) groups is 1. The molecule has 5 aromatic rings. The molecule has 7 rings (SSSR count). The molecule has 2 fully saturated rings. The van der Waals surface area contributed by atoms with Crippen molar-refractivity contribution in [1.82, 2.24) is 34.4 Å². The van der Waals surface area contributed by atoms with Gasteiger partial charge in [-0.15, -0.1) is 10.2 Å². The summed E-state index contributed by atoms with van der Waals surface area (Å²) in [5.74, 6) is 0.361. The maximum Gasteiger partial charge on any atom is 0.280 e. The Balaban J connectivity index is 0.00000214. The lowest BCUT2D eigenvalue weighted by molar-refractivity contribution is -0.114. The highest BCUT2D eigenvalue weighted by molar-refractivity contribution is 7.44. The number of ether oxygens (including phenoxy) is 1. The van der Waals surface area contributed by atoms with Gasteiger partial charge in [-0.3, -0.25) is 19.1 Å². The van der Waals surface area contributed by atoms with Crippen LogP contribution >= 0.6 is 8.53 Å². The Hall–Kier alpha value is -5.32. The molecule has 2 aromatic carbocycles. The van der Waals surface area contributed by atoms with E-state index in [0.717, 1.165) is 37.2 Å². The van der Waals surface area contributed by atoms with E-state index in [2.05, 4.69) is 78.0 Å². The van der Waals surface area contributed by atoms with E-state index in [-0.39, 0.29) is 67.1 Å². The van der Waals surface area contributed by atoms with Gasteiger partial charge in [-0.1, -0.05) is 0 Å². The van der Waals surface area contributed by atoms with Crippen LogP contribution in [0.4, 0.5) is 23.0 Å². The number of H-pyrrole nitrogens is 1. The molecule has 2 unspecified atom stereocenters. The summed E-state index contributed by atoms with van der Waals surface area (Å²) in [5, 5.41) is 18.1. The van der Waals surface area contributed by atoms with Crippen molar-refractivity contribution in [1.29, 1.82) is 1.43 Å². The second-order valence-corrected chi connectivity index (χ2v) is 16.5. The van der Waals surface area contributed by atoms with Gasteiger partial charge >= 0.3 is 0 Å². The molecule has 0 bridgehead atoms. The number of nitrogens with one attached hydrogen (secondary N) is 3. The molecule has 326 valence electrons. The van der Waals surface area contributed by atoms with Crippen LogP contribution in [0, 0.1) is 6.57 Å². The number of hydrogen-bond donors (Lipinski definition) is 5. The van der Waals surface area contributed by atoms with Gasteiger partial charge in [0, 0.05) is 69.9 Å². The van der Waals surface area contributed by atoms with Crippen molar-refractivity contribution in [2.75, 3.05) is 48.9 Å². The molecule has 0 radical (unpaired) electrons. The molecule has 19 nitrogen and oxygen atoms in total.